The highest BCUT2D eigenvalue weighted by Crippen LogP contribution is 2.33. The van der Waals surface area contributed by atoms with Crippen LogP contribution in [0.4, 0.5) is 11.5 Å². The van der Waals surface area contributed by atoms with E-state index in [2.05, 4.69) is 22.2 Å². The van der Waals surface area contributed by atoms with Gasteiger partial charge in [0.05, 0.1) is 11.3 Å². The van der Waals surface area contributed by atoms with Crippen molar-refractivity contribution in [2.24, 2.45) is 5.92 Å². The van der Waals surface area contributed by atoms with E-state index in [0.717, 1.165) is 34.8 Å². The van der Waals surface area contributed by atoms with E-state index >= 15 is 0 Å². The lowest BCUT2D eigenvalue weighted by Crippen LogP contribution is -2.20. The lowest BCUT2D eigenvalue weighted by Gasteiger charge is -2.19. The number of benzene rings is 1. The summed E-state index contributed by atoms with van der Waals surface area (Å²) in [5.41, 5.74) is 5.35. The molecule has 2 heterocycles. The van der Waals surface area contributed by atoms with Crippen LogP contribution in [0.3, 0.4) is 0 Å². The number of aromatic nitrogens is 4. The second-order valence-electron chi connectivity index (χ2n) is 7.41. The van der Waals surface area contributed by atoms with Crippen LogP contribution in [-0.4, -0.2) is 25.5 Å². The van der Waals surface area contributed by atoms with E-state index in [1.54, 1.807) is 4.68 Å². The maximum atomic E-state index is 12.8. The van der Waals surface area contributed by atoms with E-state index in [1.165, 1.54) is 0 Å². The molecule has 1 atom stereocenters. The maximum absolute atomic E-state index is 12.8. The van der Waals surface area contributed by atoms with Gasteiger partial charge in [0.15, 0.2) is 11.6 Å². The van der Waals surface area contributed by atoms with E-state index < -0.39 is 0 Å². The zero-order valence-corrected chi connectivity index (χ0v) is 16.1. The number of aryl methyl sites for hydroxylation is 3. The summed E-state index contributed by atoms with van der Waals surface area (Å²) in [5, 5.41) is 8.08. The highest BCUT2D eigenvalue weighted by Gasteiger charge is 2.32. The fourth-order valence-electron chi connectivity index (χ4n) is 3.65. The molecule has 0 bridgehead atoms. The number of para-hydroxylation sites is 1. The first-order valence-electron chi connectivity index (χ1n) is 9.23. The largest absolute Gasteiger partial charge is 0.338 e. The lowest BCUT2D eigenvalue weighted by atomic mass is 9.88. The molecule has 138 valence electrons. The molecule has 0 saturated heterocycles. The van der Waals surface area contributed by atoms with Gasteiger partial charge in [-0.25, -0.2) is 14.6 Å². The highest BCUT2D eigenvalue weighted by molar-refractivity contribution is 6.03. The van der Waals surface area contributed by atoms with Crippen molar-refractivity contribution < 1.29 is 4.79 Å². The number of carbonyl (C=O) groups is 1. The molecule has 1 aliphatic carbocycles. The van der Waals surface area contributed by atoms with Crippen LogP contribution in [0.1, 0.15) is 46.3 Å². The van der Waals surface area contributed by atoms with Crippen molar-refractivity contribution in [3.8, 4) is 5.95 Å². The number of rotatable bonds is 3. The predicted molar refractivity (Wildman–Crippen MR) is 105 cm³/mol. The molecule has 0 spiro atoms. The number of nitrogens with one attached hydrogen (secondary N) is 1. The van der Waals surface area contributed by atoms with E-state index in [1.807, 2.05) is 51.1 Å². The molecule has 0 amide bonds. The normalized spacial score (nSPS) is 16.3. The number of nitrogens with zero attached hydrogens (tertiary/aromatic N) is 4. The number of fused-ring (bicyclic) bond motifs is 1. The summed E-state index contributed by atoms with van der Waals surface area (Å²) in [6.45, 7) is 8.00. The lowest BCUT2D eigenvalue weighted by molar-refractivity contribution is 0.0953. The molecule has 0 saturated carbocycles. The van der Waals surface area contributed by atoms with Gasteiger partial charge < -0.3 is 5.32 Å². The Kier molecular flexibility index (Phi) is 4.26. The Morgan fingerprint density at radius 2 is 1.78 bits per heavy atom. The van der Waals surface area contributed by atoms with Crippen LogP contribution in [0.5, 0.6) is 0 Å². The number of hydrogen-bond acceptors (Lipinski definition) is 5. The van der Waals surface area contributed by atoms with Gasteiger partial charge in [0.1, 0.15) is 0 Å². The SMILES string of the molecule is Cc1cc(C)nc(-n2nc(Nc3ccccc3C)c3c2CC(C)CC3=O)n1. The van der Waals surface area contributed by atoms with E-state index in [0.29, 0.717) is 23.8 Å². The molecule has 2 aromatic heterocycles. The van der Waals surface area contributed by atoms with E-state index in [9.17, 15) is 4.79 Å². The van der Waals surface area contributed by atoms with Crippen molar-refractivity contribution in [2.75, 3.05) is 5.32 Å². The fraction of sp³-hybridized carbons (Fsp3) is 0.333. The van der Waals surface area contributed by atoms with E-state index in [-0.39, 0.29) is 11.7 Å². The summed E-state index contributed by atoms with van der Waals surface area (Å²) in [6, 6.07) is 9.91. The van der Waals surface area contributed by atoms with Crippen molar-refractivity contribution in [2.45, 2.75) is 40.5 Å². The Morgan fingerprint density at radius 3 is 2.48 bits per heavy atom. The Morgan fingerprint density at radius 1 is 1.07 bits per heavy atom. The Balaban J connectivity index is 1.88. The first-order chi connectivity index (χ1) is 12.9. The molecule has 0 aliphatic heterocycles. The van der Waals surface area contributed by atoms with E-state index in [4.69, 9.17) is 5.10 Å². The van der Waals surface area contributed by atoms with Crippen LogP contribution in [0.2, 0.25) is 0 Å². The van der Waals surface area contributed by atoms with Gasteiger partial charge in [-0.2, -0.15) is 0 Å². The molecule has 4 rings (SSSR count). The van der Waals surface area contributed by atoms with Crippen LogP contribution in [0, 0.1) is 26.7 Å². The maximum Gasteiger partial charge on any atom is 0.251 e. The molecular weight excluding hydrogens is 338 g/mol. The third-order valence-corrected chi connectivity index (χ3v) is 4.89. The number of hydrogen-bond donors (Lipinski definition) is 1. The second-order valence-corrected chi connectivity index (χ2v) is 7.41. The minimum Gasteiger partial charge on any atom is -0.338 e. The van der Waals surface area contributed by atoms with Crippen LogP contribution in [-0.2, 0) is 6.42 Å². The molecule has 1 aliphatic rings. The summed E-state index contributed by atoms with van der Waals surface area (Å²) >= 11 is 0. The number of carbonyl (C=O) groups excluding carboxylic acids is 1. The Hall–Kier alpha value is -3.02. The van der Waals surface area contributed by atoms with Gasteiger partial charge in [-0.3, -0.25) is 4.79 Å². The Bertz CT molecular complexity index is 1020. The van der Waals surface area contributed by atoms with Crippen LogP contribution < -0.4 is 5.32 Å². The van der Waals surface area contributed by atoms with Crippen LogP contribution in [0.15, 0.2) is 30.3 Å². The van der Waals surface area contributed by atoms with Gasteiger partial charge in [0, 0.05) is 23.5 Å². The first kappa shape index (κ1) is 17.4. The van der Waals surface area contributed by atoms with Gasteiger partial charge >= 0.3 is 0 Å². The second kappa shape index (κ2) is 6.61. The molecule has 0 fully saturated rings. The molecule has 3 aromatic rings. The average molecular weight is 361 g/mol. The standard InChI is InChI=1S/C21H23N5O/c1-12-9-17-19(18(27)10-12)20(24-16-8-6-5-7-13(16)2)25-26(17)21-22-14(3)11-15(4)23-21/h5-8,11-12H,9-10H2,1-4H3,(H,24,25). The summed E-state index contributed by atoms with van der Waals surface area (Å²) in [6.07, 6.45) is 1.31. The minimum absolute atomic E-state index is 0.121. The molecule has 1 unspecified atom stereocenters. The average Bonchev–Trinajstić information content (AvgIpc) is 2.94. The van der Waals surface area contributed by atoms with Crippen molar-refractivity contribution in [1.29, 1.82) is 0 Å². The van der Waals surface area contributed by atoms with Crippen molar-refractivity contribution >= 4 is 17.3 Å². The van der Waals surface area contributed by atoms with Crippen molar-refractivity contribution in [3.05, 3.63) is 58.5 Å². The van der Waals surface area contributed by atoms with Gasteiger partial charge in [-0.15, -0.1) is 5.10 Å². The Labute approximate surface area is 158 Å². The number of anilines is 2. The van der Waals surface area contributed by atoms with Crippen LogP contribution in [0.25, 0.3) is 5.95 Å². The summed E-state index contributed by atoms with van der Waals surface area (Å²) < 4.78 is 1.74. The van der Waals surface area contributed by atoms with Gasteiger partial charge in [-0.1, -0.05) is 25.1 Å². The molecule has 6 heteroatoms. The predicted octanol–water partition coefficient (Wildman–Crippen LogP) is 4.10. The number of ketones is 1. The minimum atomic E-state index is 0.121. The third kappa shape index (κ3) is 3.23. The zero-order valence-electron chi connectivity index (χ0n) is 16.1. The van der Waals surface area contributed by atoms with Crippen LogP contribution >= 0.6 is 0 Å². The molecule has 27 heavy (non-hydrogen) atoms. The van der Waals surface area contributed by atoms with Gasteiger partial charge in [-0.05, 0) is 50.8 Å². The van der Waals surface area contributed by atoms with Gasteiger partial charge in [0.25, 0.3) is 5.95 Å². The molecule has 1 aromatic carbocycles. The third-order valence-electron chi connectivity index (χ3n) is 4.89. The summed E-state index contributed by atoms with van der Waals surface area (Å²) in [5.74, 6) is 1.50. The monoisotopic (exact) mass is 361 g/mol. The smallest absolute Gasteiger partial charge is 0.251 e. The summed E-state index contributed by atoms with van der Waals surface area (Å²) in [4.78, 5) is 21.9. The molecule has 6 nitrogen and oxygen atoms in total. The zero-order chi connectivity index (χ0) is 19.1. The quantitative estimate of drug-likeness (QED) is 0.760. The first-order valence-corrected chi connectivity index (χ1v) is 9.23. The summed E-state index contributed by atoms with van der Waals surface area (Å²) in [7, 11) is 0. The topological polar surface area (TPSA) is 72.7 Å². The fourth-order valence-corrected chi connectivity index (χ4v) is 3.65. The molecule has 0 radical (unpaired) electrons. The van der Waals surface area contributed by atoms with Crippen molar-refractivity contribution in [1.82, 2.24) is 19.7 Å². The van der Waals surface area contributed by atoms with Crippen molar-refractivity contribution in [3.63, 3.8) is 0 Å². The van der Waals surface area contributed by atoms with Gasteiger partial charge in [0.2, 0.25) is 0 Å². The number of Topliss-reactive ketones (excluding diaryl/α,β-unsaturated/α-hetero) is 1. The molecular formula is C21H23N5O. The molecule has 1 N–H and O–H groups in total. The highest BCUT2D eigenvalue weighted by atomic mass is 16.1.